The number of primary amides is 1. The van der Waals surface area contributed by atoms with Crippen molar-refractivity contribution in [1.29, 1.82) is 0 Å². The molecule has 0 aromatic carbocycles. The molecule has 1 heterocycles. The Labute approximate surface area is 148 Å². The fourth-order valence-electron chi connectivity index (χ4n) is 3.71. The number of nitrogens with one attached hydrogen (secondary N) is 2. The lowest BCUT2D eigenvalue weighted by atomic mass is 9.84. The van der Waals surface area contributed by atoms with Gasteiger partial charge in [0.05, 0.1) is 0 Å². The van der Waals surface area contributed by atoms with Gasteiger partial charge < -0.3 is 26.0 Å². The van der Waals surface area contributed by atoms with Gasteiger partial charge in [-0.2, -0.15) is 0 Å². The zero-order chi connectivity index (χ0) is 18.2. The minimum atomic E-state index is -0.683. The Morgan fingerprint density at radius 2 is 2.00 bits per heavy atom. The van der Waals surface area contributed by atoms with E-state index in [-0.39, 0.29) is 18.4 Å². The normalized spacial score (nSPS) is 23.1. The molecule has 1 saturated carbocycles. The number of rotatable bonds is 7. The fraction of sp³-hybridized carbons (Fsp3) is 0.824. The van der Waals surface area contributed by atoms with Crippen LogP contribution < -0.4 is 16.4 Å². The lowest BCUT2D eigenvalue weighted by Crippen LogP contribution is -2.62. The largest absolute Gasteiger partial charge is 0.375 e. The summed E-state index contributed by atoms with van der Waals surface area (Å²) in [5.41, 5.74) is 5.50. The summed E-state index contributed by atoms with van der Waals surface area (Å²) in [6.45, 7) is 1.35. The van der Waals surface area contributed by atoms with E-state index in [2.05, 4.69) is 10.6 Å². The van der Waals surface area contributed by atoms with Crippen molar-refractivity contribution in [2.75, 3.05) is 33.4 Å². The van der Waals surface area contributed by atoms with Crippen molar-refractivity contribution < 1.29 is 19.1 Å². The zero-order valence-corrected chi connectivity index (χ0v) is 15.0. The van der Waals surface area contributed by atoms with Gasteiger partial charge in [0.1, 0.15) is 18.7 Å². The number of nitrogens with two attached hydrogens (primary N) is 1. The molecule has 2 fully saturated rings. The Kier molecular flexibility index (Phi) is 7.64. The third kappa shape index (κ3) is 5.67. The minimum absolute atomic E-state index is 0.0644. The number of carbonyl (C=O) groups excluding carboxylic acids is 3. The Morgan fingerprint density at radius 3 is 2.64 bits per heavy atom. The van der Waals surface area contributed by atoms with Crippen LogP contribution >= 0.6 is 0 Å². The second-order valence-corrected chi connectivity index (χ2v) is 6.94. The second kappa shape index (κ2) is 9.72. The summed E-state index contributed by atoms with van der Waals surface area (Å²) in [5, 5.41) is 5.89. The van der Waals surface area contributed by atoms with E-state index in [1.54, 1.807) is 0 Å². The summed E-state index contributed by atoms with van der Waals surface area (Å²) in [5.74, 6) is -0.664. The highest BCUT2D eigenvalue weighted by atomic mass is 16.5. The first kappa shape index (κ1) is 19.7. The Bertz CT molecular complexity index is 479. The molecule has 2 aliphatic rings. The first-order valence-electron chi connectivity index (χ1n) is 9.11. The van der Waals surface area contributed by atoms with Crippen LogP contribution in [0, 0.1) is 5.92 Å². The van der Waals surface area contributed by atoms with Crippen LogP contribution in [0.3, 0.4) is 0 Å². The molecule has 8 heteroatoms. The maximum Gasteiger partial charge on any atom is 0.249 e. The van der Waals surface area contributed by atoms with Crippen LogP contribution in [0.1, 0.15) is 38.5 Å². The van der Waals surface area contributed by atoms with Crippen molar-refractivity contribution >= 4 is 17.7 Å². The van der Waals surface area contributed by atoms with Gasteiger partial charge in [0, 0.05) is 26.7 Å². The second-order valence-electron chi connectivity index (χ2n) is 6.94. The average Bonchev–Trinajstić information content (AvgIpc) is 2.62. The van der Waals surface area contributed by atoms with Gasteiger partial charge in [0.2, 0.25) is 17.7 Å². The van der Waals surface area contributed by atoms with Crippen LogP contribution in [0.2, 0.25) is 0 Å². The van der Waals surface area contributed by atoms with Gasteiger partial charge in [-0.05, 0) is 12.3 Å². The number of ether oxygens (including phenoxy) is 1. The number of piperazine rings is 1. The molecule has 1 aliphatic carbocycles. The Balaban J connectivity index is 1.97. The highest BCUT2D eigenvalue weighted by molar-refractivity contribution is 5.92. The Morgan fingerprint density at radius 1 is 1.28 bits per heavy atom. The van der Waals surface area contributed by atoms with Crippen LogP contribution in [-0.4, -0.2) is 68.1 Å². The molecule has 0 bridgehead atoms. The van der Waals surface area contributed by atoms with Crippen LogP contribution in [0.15, 0.2) is 0 Å². The van der Waals surface area contributed by atoms with Crippen molar-refractivity contribution in [2.24, 2.45) is 11.7 Å². The zero-order valence-electron chi connectivity index (χ0n) is 15.0. The monoisotopic (exact) mass is 354 g/mol. The molecule has 25 heavy (non-hydrogen) atoms. The van der Waals surface area contributed by atoms with Crippen LogP contribution in [0.5, 0.6) is 0 Å². The van der Waals surface area contributed by atoms with Gasteiger partial charge >= 0.3 is 0 Å². The topological polar surface area (TPSA) is 114 Å². The molecule has 0 unspecified atom stereocenters. The Hall–Kier alpha value is -1.67. The van der Waals surface area contributed by atoms with Crippen molar-refractivity contribution in [1.82, 2.24) is 15.5 Å². The number of hydrogen-bond acceptors (Lipinski definition) is 5. The smallest absolute Gasteiger partial charge is 0.249 e. The molecule has 0 aromatic heterocycles. The van der Waals surface area contributed by atoms with Gasteiger partial charge in [-0.1, -0.05) is 32.1 Å². The third-order valence-electron chi connectivity index (χ3n) is 5.09. The molecule has 1 aliphatic heterocycles. The minimum Gasteiger partial charge on any atom is -0.375 e. The molecule has 2 atom stereocenters. The van der Waals surface area contributed by atoms with Crippen molar-refractivity contribution in [3.8, 4) is 0 Å². The van der Waals surface area contributed by atoms with Crippen LogP contribution in [0.25, 0.3) is 0 Å². The molecule has 8 nitrogen and oxygen atoms in total. The lowest BCUT2D eigenvalue weighted by Gasteiger charge is -2.36. The number of carbonyl (C=O) groups is 3. The molecule has 4 N–H and O–H groups in total. The van der Waals surface area contributed by atoms with Gasteiger partial charge in [-0.3, -0.25) is 14.4 Å². The molecule has 2 rings (SSSR count). The highest BCUT2D eigenvalue weighted by Crippen LogP contribution is 2.27. The molecule has 0 aromatic rings. The van der Waals surface area contributed by atoms with Crippen molar-refractivity contribution in [3.05, 3.63) is 0 Å². The molecule has 0 radical (unpaired) electrons. The summed E-state index contributed by atoms with van der Waals surface area (Å²) >= 11 is 0. The quantitative estimate of drug-likeness (QED) is 0.563. The van der Waals surface area contributed by atoms with E-state index in [9.17, 15) is 14.4 Å². The predicted octanol–water partition coefficient (Wildman–Crippen LogP) is -0.626. The molecular weight excluding hydrogens is 324 g/mol. The van der Waals surface area contributed by atoms with E-state index < -0.39 is 18.0 Å². The van der Waals surface area contributed by atoms with E-state index >= 15 is 0 Å². The standard InChI is InChI=1S/C17H30N4O4/c1-25-11-15(22)21-8-7-19-10-14(21)17(24)20-13(16(18)23)9-12-5-3-2-4-6-12/h12-14,19H,2-11H2,1H3,(H2,18,23)(H,20,24)/t13-,14+/m0/s1. The van der Waals surface area contributed by atoms with Gasteiger partial charge in [0.15, 0.2) is 0 Å². The number of hydrogen-bond donors (Lipinski definition) is 3. The SMILES string of the molecule is COCC(=O)N1CCNC[C@@H]1C(=O)N[C@@H](CC1CCCCC1)C(N)=O. The number of methoxy groups -OCH3 is 1. The molecule has 0 spiro atoms. The first-order valence-corrected chi connectivity index (χ1v) is 9.11. The maximum atomic E-state index is 12.7. The third-order valence-corrected chi connectivity index (χ3v) is 5.09. The van der Waals surface area contributed by atoms with E-state index in [1.807, 2.05) is 0 Å². The van der Waals surface area contributed by atoms with E-state index in [0.717, 1.165) is 25.7 Å². The van der Waals surface area contributed by atoms with Crippen molar-refractivity contribution in [3.63, 3.8) is 0 Å². The molecule has 1 saturated heterocycles. The molecular formula is C17H30N4O4. The van der Waals surface area contributed by atoms with Gasteiger partial charge in [-0.15, -0.1) is 0 Å². The predicted molar refractivity (Wildman–Crippen MR) is 92.6 cm³/mol. The van der Waals surface area contributed by atoms with Gasteiger partial charge in [-0.25, -0.2) is 0 Å². The summed E-state index contributed by atoms with van der Waals surface area (Å²) < 4.78 is 4.89. The van der Waals surface area contributed by atoms with Gasteiger partial charge in [0.25, 0.3) is 0 Å². The summed E-state index contributed by atoms with van der Waals surface area (Å²) in [4.78, 5) is 38.1. The average molecular weight is 354 g/mol. The first-order chi connectivity index (χ1) is 12.0. The molecule has 3 amide bonds. The summed E-state index contributed by atoms with van der Waals surface area (Å²) in [6.07, 6.45) is 6.28. The van der Waals surface area contributed by atoms with Crippen LogP contribution in [-0.2, 0) is 19.1 Å². The fourth-order valence-corrected chi connectivity index (χ4v) is 3.71. The molecule has 142 valence electrons. The lowest BCUT2D eigenvalue weighted by molar-refractivity contribution is -0.145. The number of amides is 3. The van der Waals surface area contributed by atoms with E-state index in [1.165, 1.54) is 18.4 Å². The highest BCUT2D eigenvalue weighted by Gasteiger charge is 2.34. The maximum absolute atomic E-state index is 12.7. The van der Waals surface area contributed by atoms with E-state index in [4.69, 9.17) is 10.5 Å². The number of nitrogens with zero attached hydrogens (tertiary/aromatic N) is 1. The van der Waals surface area contributed by atoms with Crippen LogP contribution in [0.4, 0.5) is 0 Å². The van der Waals surface area contributed by atoms with E-state index in [0.29, 0.717) is 32.0 Å². The summed E-state index contributed by atoms with van der Waals surface area (Å²) in [7, 11) is 1.45. The summed E-state index contributed by atoms with van der Waals surface area (Å²) in [6, 6.07) is -1.33. The van der Waals surface area contributed by atoms with Crippen molar-refractivity contribution in [2.45, 2.75) is 50.6 Å².